The largest absolute Gasteiger partial charge is 0.508 e. The second-order valence-electron chi connectivity index (χ2n) is 3.39. The van der Waals surface area contributed by atoms with Crippen LogP contribution in [-0.2, 0) is 4.74 Å². The van der Waals surface area contributed by atoms with Gasteiger partial charge in [0.15, 0.2) is 0 Å². The van der Waals surface area contributed by atoms with Gasteiger partial charge >= 0.3 is 5.97 Å². The predicted octanol–water partition coefficient (Wildman–Crippen LogP) is 3.56. The number of phenolic OH excluding ortho intramolecular Hbond substituents is 1. The third-order valence-electron chi connectivity index (χ3n) is 2.20. The monoisotopic (exact) mass is 268 g/mol. The first-order valence-corrected chi connectivity index (χ1v) is 6.02. The summed E-state index contributed by atoms with van der Waals surface area (Å²) in [5, 5.41) is 11.7. The van der Waals surface area contributed by atoms with E-state index in [9.17, 15) is 9.90 Å². The summed E-state index contributed by atoms with van der Waals surface area (Å²) < 4.78 is 4.63. The molecule has 5 heteroatoms. The van der Waals surface area contributed by atoms with E-state index < -0.39 is 0 Å². The van der Waals surface area contributed by atoms with Crippen LogP contribution < -0.4 is 0 Å². The second-order valence-corrected chi connectivity index (χ2v) is 4.74. The fraction of sp³-hybridized carbons (Fsp3) is 0.0833. The lowest BCUT2D eigenvalue weighted by atomic mass is 10.1. The van der Waals surface area contributed by atoms with Crippen LogP contribution in [0.25, 0.3) is 11.1 Å². The van der Waals surface area contributed by atoms with E-state index >= 15 is 0 Å². The van der Waals surface area contributed by atoms with Crippen LogP contribution in [0.1, 0.15) is 9.67 Å². The summed E-state index contributed by atoms with van der Waals surface area (Å²) in [6.45, 7) is 0. The zero-order chi connectivity index (χ0) is 12.4. The Morgan fingerprint density at radius 3 is 2.71 bits per heavy atom. The summed E-state index contributed by atoms with van der Waals surface area (Å²) in [5.41, 5.74) is 1.59. The molecule has 88 valence electrons. The first-order chi connectivity index (χ1) is 8.10. The minimum absolute atomic E-state index is 0.0957. The number of hydrogen-bond acceptors (Lipinski definition) is 4. The van der Waals surface area contributed by atoms with Crippen molar-refractivity contribution in [1.29, 1.82) is 0 Å². The Hall–Kier alpha value is -1.52. The summed E-state index contributed by atoms with van der Waals surface area (Å²) >= 11 is 7.14. The highest BCUT2D eigenvalue weighted by atomic mass is 35.5. The number of ether oxygens (including phenoxy) is 1. The Kier molecular flexibility index (Phi) is 3.36. The van der Waals surface area contributed by atoms with E-state index in [1.165, 1.54) is 24.5 Å². The van der Waals surface area contributed by atoms with Crippen molar-refractivity contribution in [2.45, 2.75) is 0 Å². The van der Waals surface area contributed by atoms with Gasteiger partial charge in [0, 0.05) is 5.02 Å². The Labute approximate surface area is 107 Å². The van der Waals surface area contributed by atoms with Crippen molar-refractivity contribution in [3.63, 3.8) is 0 Å². The average molecular weight is 269 g/mol. The molecule has 1 heterocycles. The molecule has 2 rings (SSSR count). The van der Waals surface area contributed by atoms with Crippen molar-refractivity contribution in [2.75, 3.05) is 7.11 Å². The van der Waals surface area contributed by atoms with Gasteiger partial charge in [-0.25, -0.2) is 4.79 Å². The molecule has 0 unspecified atom stereocenters. The number of carbonyl (C=O) groups is 1. The highest BCUT2D eigenvalue weighted by molar-refractivity contribution is 7.12. The van der Waals surface area contributed by atoms with Crippen LogP contribution >= 0.6 is 22.9 Å². The van der Waals surface area contributed by atoms with Crippen molar-refractivity contribution in [3.8, 4) is 16.9 Å². The van der Waals surface area contributed by atoms with Crippen molar-refractivity contribution in [1.82, 2.24) is 0 Å². The molecule has 0 radical (unpaired) electrons. The molecule has 2 aromatic rings. The molecule has 0 spiro atoms. The maximum absolute atomic E-state index is 11.3. The normalized spacial score (nSPS) is 10.2. The molecule has 0 aliphatic rings. The van der Waals surface area contributed by atoms with Gasteiger partial charge in [0.05, 0.1) is 7.11 Å². The smallest absolute Gasteiger partial charge is 0.348 e. The predicted molar refractivity (Wildman–Crippen MR) is 67.8 cm³/mol. The summed E-state index contributed by atoms with van der Waals surface area (Å²) in [5.74, 6) is -0.272. The van der Waals surface area contributed by atoms with Gasteiger partial charge in [-0.15, -0.1) is 11.3 Å². The van der Waals surface area contributed by atoms with Crippen LogP contribution in [0.4, 0.5) is 0 Å². The molecule has 0 saturated carbocycles. The van der Waals surface area contributed by atoms with Gasteiger partial charge in [0.1, 0.15) is 10.6 Å². The van der Waals surface area contributed by atoms with Gasteiger partial charge in [-0.2, -0.15) is 0 Å². The molecule has 0 bridgehead atoms. The highest BCUT2D eigenvalue weighted by Crippen LogP contribution is 2.31. The molecule has 17 heavy (non-hydrogen) atoms. The van der Waals surface area contributed by atoms with Crippen molar-refractivity contribution in [3.05, 3.63) is 39.5 Å². The van der Waals surface area contributed by atoms with Crippen molar-refractivity contribution in [2.24, 2.45) is 0 Å². The third-order valence-corrected chi connectivity index (χ3v) is 3.33. The van der Waals surface area contributed by atoms with Crippen LogP contribution in [0.5, 0.6) is 5.75 Å². The van der Waals surface area contributed by atoms with E-state index in [-0.39, 0.29) is 11.7 Å². The summed E-state index contributed by atoms with van der Waals surface area (Å²) in [6, 6.07) is 6.49. The number of benzene rings is 1. The minimum Gasteiger partial charge on any atom is -0.508 e. The standard InChI is InChI=1S/C12H9ClO3S/c1-16-12(15)11-4-8(6-17-11)7-2-9(13)5-10(14)3-7/h2-6,14H,1H3. The molecule has 1 aromatic heterocycles. The maximum Gasteiger partial charge on any atom is 0.348 e. The zero-order valence-electron chi connectivity index (χ0n) is 8.94. The molecule has 0 amide bonds. The zero-order valence-corrected chi connectivity index (χ0v) is 10.5. The molecular weight excluding hydrogens is 260 g/mol. The van der Waals surface area contributed by atoms with Gasteiger partial charge < -0.3 is 9.84 Å². The Morgan fingerprint density at radius 2 is 2.06 bits per heavy atom. The van der Waals surface area contributed by atoms with Crippen LogP contribution in [0, 0.1) is 0 Å². The van der Waals surface area contributed by atoms with Crippen LogP contribution in [-0.4, -0.2) is 18.2 Å². The fourth-order valence-corrected chi connectivity index (χ4v) is 2.50. The molecular formula is C12H9ClO3S. The molecule has 1 aromatic carbocycles. The van der Waals surface area contributed by atoms with Crippen molar-refractivity contribution >= 4 is 28.9 Å². The molecule has 0 aliphatic carbocycles. The number of halogens is 1. The molecule has 0 fully saturated rings. The van der Waals surface area contributed by atoms with Gasteiger partial charge in [-0.05, 0) is 40.8 Å². The Morgan fingerprint density at radius 1 is 1.29 bits per heavy atom. The second kappa shape index (κ2) is 4.77. The lowest BCUT2D eigenvalue weighted by molar-refractivity contribution is 0.0606. The first-order valence-electron chi connectivity index (χ1n) is 4.77. The van der Waals surface area contributed by atoms with E-state index in [0.717, 1.165) is 11.1 Å². The number of aromatic hydroxyl groups is 1. The van der Waals surface area contributed by atoms with Gasteiger partial charge in [-0.3, -0.25) is 0 Å². The van der Waals surface area contributed by atoms with Crippen LogP contribution in [0.3, 0.4) is 0 Å². The number of hydrogen-bond donors (Lipinski definition) is 1. The van der Waals surface area contributed by atoms with Crippen LogP contribution in [0.2, 0.25) is 5.02 Å². The van der Waals surface area contributed by atoms with E-state index in [0.29, 0.717) is 9.90 Å². The lowest BCUT2D eigenvalue weighted by Gasteiger charge is -2.00. The topological polar surface area (TPSA) is 46.5 Å². The van der Waals surface area contributed by atoms with Gasteiger partial charge in [-0.1, -0.05) is 11.6 Å². The molecule has 0 aliphatic heterocycles. The lowest BCUT2D eigenvalue weighted by Crippen LogP contribution is -1.96. The first kappa shape index (κ1) is 12.0. The van der Waals surface area contributed by atoms with E-state index in [1.807, 2.05) is 5.38 Å². The van der Waals surface area contributed by atoms with E-state index in [4.69, 9.17) is 11.6 Å². The third kappa shape index (κ3) is 2.60. The number of rotatable bonds is 2. The summed E-state index contributed by atoms with van der Waals surface area (Å²) in [7, 11) is 1.34. The fourth-order valence-electron chi connectivity index (χ4n) is 1.44. The molecule has 1 N–H and O–H groups in total. The highest BCUT2D eigenvalue weighted by Gasteiger charge is 2.10. The number of phenols is 1. The number of carbonyl (C=O) groups excluding carboxylic acids is 1. The quantitative estimate of drug-likeness (QED) is 0.847. The number of methoxy groups -OCH3 is 1. The molecule has 3 nitrogen and oxygen atoms in total. The average Bonchev–Trinajstić information content (AvgIpc) is 2.76. The minimum atomic E-state index is -0.368. The number of esters is 1. The Balaban J connectivity index is 2.40. The van der Waals surface area contributed by atoms with Gasteiger partial charge in [0.25, 0.3) is 0 Å². The van der Waals surface area contributed by atoms with E-state index in [2.05, 4.69) is 4.74 Å². The summed E-state index contributed by atoms with van der Waals surface area (Å²) in [4.78, 5) is 11.8. The maximum atomic E-state index is 11.3. The van der Waals surface area contributed by atoms with Crippen LogP contribution in [0.15, 0.2) is 29.6 Å². The SMILES string of the molecule is COC(=O)c1cc(-c2cc(O)cc(Cl)c2)cs1. The van der Waals surface area contributed by atoms with Crippen molar-refractivity contribution < 1.29 is 14.6 Å². The Bertz CT molecular complexity index is 542. The number of thiophene rings is 1. The summed E-state index contributed by atoms with van der Waals surface area (Å²) in [6.07, 6.45) is 0. The van der Waals surface area contributed by atoms with Gasteiger partial charge in [0.2, 0.25) is 0 Å². The molecule has 0 atom stereocenters. The van der Waals surface area contributed by atoms with E-state index in [1.54, 1.807) is 18.2 Å². The molecule has 0 saturated heterocycles.